The highest BCUT2D eigenvalue weighted by molar-refractivity contribution is 6.67. The van der Waals surface area contributed by atoms with Crippen molar-refractivity contribution in [3.63, 3.8) is 0 Å². The van der Waals surface area contributed by atoms with Crippen LogP contribution in [0.5, 0.6) is 52.4 Å². The maximum atomic E-state index is 11.9. The predicted molar refractivity (Wildman–Crippen MR) is 367 cm³/mol. The first-order valence-electron chi connectivity index (χ1n) is 30.5. The van der Waals surface area contributed by atoms with Crippen LogP contribution in [0.4, 0.5) is 0 Å². The Balaban J connectivity index is 0.000000204. The van der Waals surface area contributed by atoms with E-state index in [1.54, 1.807) is 133 Å². The van der Waals surface area contributed by atoms with Crippen LogP contribution >= 0.6 is 0 Å². The summed E-state index contributed by atoms with van der Waals surface area (Å²) in [5.74, 6) is 2.10. The van der Waals surface area contributed by atoms with Gasteiger partial charge in [-0.05, 0) is 165 Å². The Morgan fingerprint density at radius 1 is 0.408 bits per heavy atom. The largest absolute Gasteiger partial charge is 0.491 e. The monoisotopic (exact) mass is 1340 g/mol. The van der Waals surface area contributed by atoms with Crippen molar-refractivity contribution < 1.29 is 101 Å². The first-order chi connectivity index (χ1) is 45.9. The number of nitrogens with zero attached hydrogens (tertiary/aromatic N) is 4. The fraction of sp³-hybridized carbons (Fsp3) is 0.304. The summed E-state index contributed by atoms with van der Waals surface area (Å²) in [7, 11) is -2.67. The Kier molecular flexibility index (Phi) is 28.9. The topological polar surface area (TPSA) is 321 Å². The zero-order valence-corrected chi connectivity index (χ0v) is 53.4. The van der Waals surface area contributed by atoms with Crippen molar-refractivity contribution >= 4 is 74.0 Å². The van der Waals surface area contributed by atoms with E-state index in [2.05, 4.69) is 19.9 Å². The summed E-state index contributed by atoms with van der Waals surface area (Å²) in [6, 6.07) is 34.4. The van der Waals surface area contributed by atoms with Gasteiger partial charge in [-0.3, -0.25) is 0 Å². The fourth-order valence-corrected chi connectivity index (χ4v) is 9.95. The van der Waals surface area contributed by atoms with Crippen molar-refractivity contribution in [1.82, 2.24) is 19.9 Å². The smallest absolute Gasteiger partial charge is 0.477 e. The number of rotatable bonds is 19. The third-order valence-corrected chi connectivity index (χ3v) is 14.6. The van der Waals surface area contributed by atoms with E-state index >= 15 is 0 Å². The molecule has 514 valence electrons. The maximum Gasteiger partial charge on any atom is 0.491 e. The maximum absolute atomic E-state index is 11.9. The number of carbonyl (C=O) groups is 4. The molecule has 25 nitrogen and oxygen atoms in total. The number of hydrogen-bond acceptors (Lipinski definition) is 25. The molecule has 0 saturated heterocycles. The second-order valence-electron chi connectivity index (χ2n) is 21.0. The average molecular weight is 1340 g/mol. The van der Waals surface area contributed by atoms with Gasteiger partial charge in [-0.25, -0.2) is 34.1 Å². The van der Waals surface area contributed by atoms with Crippen LogP contribution < -0.4 is 45.5 Å². The second kappa shape index (κ2) is 36.6. The summed E-state index contributed by atoms with van der Waals surface area (Å²) in [4.78, 5) is 64.3. The van der Waals surface area contributed by atoms with E-state index in [0.29, 0.717) is 109 Å². The Labute approximate surface area is 571 Å². The summed E-state index contributed by atoms with van der Waals surface area (Å²) in [5.41, 5.74) is 9.74. The number of carbonyl (C=O) groups excluding carboxylic acids is 4. The van der Waals surface area contributed by atoms with Crippen molar-refractivity contribution in [2.45, 2.75) is 111 Å². The molecule has 0 spiro atoms. The number of pyridine rings is 4. The number of ether oxygens (including phenoxy) is 9. The molecule has 12 rings (SSSR count). The standard InChI is InChI=1S/C17H18BNO6.C17H18BNO4.C16H16BNO6.C16H16BNO5.3CH4/c1-3-22-16-13(17(20)23-4-2)6-8-15(19-16)25-12-5-7-14-11(9-12)10-24-18(14)21;1-4-21-17(20)14-6-8-16(19-11(14)2)23-13-5-7-15-12(9-13)10-22-18(15)3;1-2-22-16(20)12-4-6-15(18-14(12)8-19)24-11-3-5-13-10(7-11)9-23-17(13)21;1-3-21-16(19)13-5-7-15(18-10(13)2)23-12-4-6-14-11(8-12)9-22-17(14)20;;;/h5-9,21H,3-4,10H2,1-2H3;5-9H,4,10H2,1-3H3;3-7,19,21H,2,8-9H2,1H3;4-8,20H,3,9H2,1-2H3;3*1H4. The van der Waals surface area contributed by atoms with Crippen molar-refractivity contribution in [3.8, 4) is 52.4 Å². The predicted octanol–water partition coefficient (Wildman–Crippen LogP) is 8.63. The molecule has 4 aliphatic rings. The zero-order valence-electron chi connectivity index (χ0n) is 53.4. The third-order valence-electron chi connectivity index (χ3n) is 14.6. The van der Waals surface area contributed by atoms with Crippen LogP contribution in [0.1, 0.15) is 138 Å². The first-order valence-corrected chi connectivity index (χ1v) is 30.5. The number of benzene rings is 4. The highest BCUT2D eigenvalue weighted by Gasteiger charge is 2.31. The molecule has 0 aliphatic carbocycles. The van der Waals surface area contributed by atoms with Crippen LogP contribution in [0.15, 0.2) is 121 Å². The molecule has 0 amide bonds. The van der Waals surface area contributed by atoms with E-state index in [-0.39, 0.29) is 82.8 Å². The Morgan fingerprint density at radius 2 is 0.724 bits per heavy atom. The van der Waals surface area contributed by atoms with Gasteiger partial charge in [-0.2, -0.15) is 4.98 Å². The van der Waals surface area contributed by atoms with Crippen LogP contribution in [0.3, 0.4) is 0 Å². The van der Waals surface area contributed by atoms with Gasteiger partial charge in [0.05, 0.1) is 99.8 Å². The van der Waals surface area contributed by atoms with Crippen molar-refractivity contribution in [1.29, 1.82) is 0 Å². The number of aryl methyl sites for hydroxylation is 2. The van der Waals surface area contributed by atoms with Gasteiger partial charge in [0, 0.05) is 24.3 Å². The molecule has 29 heteroatoms. The SMILES string of the molecule is C.C.C.CCOC(=O)c1ccc(Oc2ccc3c(c2)COB3C)nc1C.CCOC(=O)c1ccc(Oc2ccc3c(c2)COB3O)nc1C.CCOC(=O)c1ccc(Oc2ccc3c(c2)COB3O)nc1CO.CCOC(=O)c1ccc(Oc2ccc3c(c2)COB3O)nc1OCC. The lowest BCUT2D eigenvalue weighted by molar-refractivity contribution is 0.0511. The number of aliphatic hydroxyl groups is 1. The van der Waals surface area contributed by atoms with Crippen LogP contribution in [0, 0.1) is 13.8 Å². The Hall–Kier alpha value is -9.70. The second-order valence-corrected chi connectivity index (χ2v) is 21.0. The molecule has 4 aromatic heterocycles. The van der Waals surface area contributed by atoms with E-state index in [4.69, 9.17) is 61.2 Å². The minimum Gasteiger partial charge on any atom is -0.477 e. The fourth-order valence-electron chi connectivity index (χ4n) is 9.95. The molecule has 0 radical (unpaired) electrons. The average Bonchev–Trinajstić information content (AvgIpc) is 1.65. The summed E-state index contributed by atoms with van der Waals surface area (Å²) in [6.07, 6.45) is 0. The Bertz CT molecular complexity index is 3950. The summed E-state index contributed by atoms with van der Waals surface area (Å²) < 4.78 is 69.2. The molecule has 0 fully saturated rings. The molecule has 8 aromatic rings. The number of hydrogen-bond donors (Lipinski definition) is 4. The molecular formula is C69H80B4N4O21. The lowest BCUT2D eigenvalue weighted by Gasteiger charge is -2.11. The van der Waals surface area contributed by atoms with Crippen molar-refractivity contribution in [3.05, 3.63) is 183 Å². The molecule has 0 saturated carbocycles. The van der Waals surface area contributed by atoms with Gasteiger partial charge in [0.2, 0.25) is 29.4 Å². The third kappa shape index (κ3) is 19.5. The molecule has 4 N–H and O–H groups in total. The lowest BCUT2D eigenvalue weighted by atomic mass is 9.64. The van der Waals surface area contributed by atoms with Crippen LogP contribution in [0.2, 0.25) is 6.82 Å². The van der Waals surface area contributed by atoms with E-state index in [1.165, 1.54) is 17.6 Å². The Morgan fingerprint density at radius 3 is 1.09 bits per heavy atom. The van der Waals surface area contributed by atoms with Gasteiger partial charge in [0.25, 0.3) is 0 Å². The molecule has 0 bridgehead atoms. The van der Waals surface area contributed by atoms with E-state index in [9.17, 15) is 39.4 Å². The minimum absolute atomic E-state index is 0. The van der Waals surface area contributed by atoms with Gasteiger partial charge in [-0.15, -0.1) is 0 Å². The normalized spacial score (nSPS) is 12.4. The van der Waals surface area contributed by atoms with Gasteiger partial charge in [0.1, 0.15) is 28.6 Å². The van der Waals surface area contributed by atoms with Crippen LogP contribution in [-0.4, -0.2) is 125 Å². The molecule has 8 heterocycles. The number of aromatic nitrogens is 4. The van der Waals surface area contributed by atoms with E-state index in [1.807, 2.05) is 31.1 Å². The van der Waals surface area contributed by atoms with E-state index in [0.717, 1.165) is 33.2 Å². The molecule has 0 unspecified atom stereocenters. The van der Waals surface area contributed by atoms with Gasteiger partial charge in [-0.1, -0.05) is 53.4 Å². The zero-order chi connectivity index (χ0) is 67.7. The summed E-state index contributed by atoms with van der Waals surface area (Å²) in [5, 5.41) is 38.3. The van der Waals surface area contributed by atoms with Gasteiger partial charge < -0.3 is 81.4 Å². The lowest BCUT2D eigenvalue weighted by Crippen LogP contribution is -2.27. The first kappa shape index (κ1) is 77.3. The van der Waals surface area contributed by atoms with Gasteiger partial charge in [0.15, 0.2) is 0 Å². The quantitative estimate of drug-likeness (QED) is 0.0334. The molecule has 0 atom stereocenters. The van der Waals surface area contributed by atoms with Crippen molar-refractivity contribution in [2.24, 2.45) is 0 Å². The highest BCUT2D eigenvalue weighted by Crippen LogP contribution is 2.30. The number of fused-ring (bicyclic) bond motifs is 4. The molecular weight excluding hydrogens is 1260 g/mol. The minimum atomic E-state index is -0.906. The molecule has 4 aromatic carbocycles. The van der Waals surface area contributed by atoms with Crippen molar-refractivity contribution in [2.75, 3.05) is 33.0 Å². The van der Waals surface area contributed by atoms with Crippen LogP contribution in [-0.2, 0) is 70.6 Å². The van der Waals surface area contributed by atoms with E-state index < -0.39 is 45.9 Å². The van der Waals surface area contributed by atoms with Gasteiger partial charge >= 0.3 is 52.1 Å². The highest BCUT2D eigenvalue weighted by atomic mass is 16.6. The number of aliphatic hydroxyl groups excluding tert-OH is 1. The summed E-state index contributed by atoms with van der Waals surface area (Å²) >= 11 is 0. The number of esters is 4. The summed E-state index contributed by atoms with van der Waals surface area (Å²) in [6.45, 7) is 17.1. The molecule has 4 aliphatic heterocycles. The van der Waals surface area contributed by atoms with Crippen LogP contribution in [0.25, 0.3) is 0 Å². The molecule has 98 heavy (non-hydrogen) atoms.